The van der Waals surface area contributed by atoms with Gasteiger partial charge in [0.1, 0.15) is 11.4 Å². The summed E-state index contributed by atoms with van der Waals surface area (Å²) in [6.07, 6.45) is 4.48. The van der Waals surface area contributed by atoms with Crippen molar-refractivity contribution >= 4 is 11.0 Å². The lowest BCUT2D eigenvalue weighted by Crippen LogP contribution is -2.09. The van der Waals surface area contributed by atoms with Crippen LogP contribution in [0.15, 0.2) is 34.7 Å². The van der Waals surface area contributed by atoms with E-state index >= 15 is 0 Å². The zero-order valence-electron chi connectivity index (χ0n) is 11.7. The van der Waals surface area contributed by atoms with Crippen LogP contribution in [0.5, 0.6) is 0 Å². The van der Waals surface area contributed by atoms with Crippen molar-refractivity contribution in [2.75, 3.05) is 0 Å². The number of nitrogens with one attached hydrogen (secondary N) is 1. The maximum Gasteiger partial charge on any atom is 0.223 e. The molecule has 5 nitrogen and oxygen atoms in total. The summed E-state index contributed by atoms with van der Waals surface area (Å²) < 4.78 is 7.77. The molecule has 106 valence electrons. The molecule has 0 aliphatic carbocycles. The minimum Gasteiger partial charge on any atom is -0.438 e. The maximum atomic E-state index is 8.15. The Labute approximate surface area is 121 Å². The van der Waals surface area contributed by atoms with Crippen molar-refractivity contribution in [1.29, 1.82) is 5.41 Å². The van der Waals surface area contributed by atoms with E-state index in [0.717, 1.165) is 48.4 Å². The average molecular weight is 280 g/mol. The van der Waals surface area contributed by atoms with E-state index in [2.05, 4.69) is 14.8 Å². The molecule has 0 radical (unpaired) electrons. The first-order valence-corrected chi connectivity index (χ1v) is 7.33. The van der Waals surface area contributed by atoms with Crippen LogP contribution in [0.3, 0.4) is 0 Å². The van der Waals surface area contributed by atoms with Crippen LogP contribution >= 0.6 is 0 Å². The fraction of sp³-hybridized carbons (Fsp3) is 0.312. The quantitative estimate of drug-likeness (QED) is 0.745. The molecule has 1 aliphatic rings. The van der Waals surface area contributed by atoms with Crippen LogP contribution in [-0.2, 0) is 13.0 Å². The van der Waals surface area contributed by atoms with Gasteiger partial charge in [-0.05, 0) is 25.0 Å². The molecule has 0 unspecified atom stereocenters. The Morgan fingerprint density at radius 3 is 2.95 bits per heavy atom. The summed E-state index contributed by atoms with van der Waals surface area (Å²) in [5.41, 5.74) is 1.59. The smallest absolute Gasteiger partial charge is 0.223 e. The highest BCUT2D eigenvalue weighted by molar-refractivity contribution is 5.80. The van der Waals surface area contributed by atoms with Crippen molar-refractivity contribution in [1.82, 2.24) is 14.8 Å². The molecule has 2 aromatic heterocycles. The predicted octanol–water partition coefficient (Wildman–Crippen LogP) is 2.90. The molecule has 5 heteroatoms. The predicted molar refractivity (Wildman–Crippen MR) is 78.6 cm³/mol. The minimum atomic E-state index is 0.146. The van der Waals surface area contributed by atoms with E-state index in [1.165, 1.54) is 6.42 Å². The van der Waals surface area contributed by atoms with Gasteiger partial charge < -0.3 is 8.98 Å². The summed E-state index contributed by atoms with van der Waals surface area (Å²) >= 11 is 0. The molecule has 0 saturated carbocycles. The van der Waals surface area contributed by atoms with Crippen LogP contribution in [0.25, 0.3) is 22.4 Å². The van der Waals surface area contributed by atoms with E-state index in [0.29, 0.717) is 5.56 Å². The van der Waals surface area contributed by atoms with E-state index in [4.69, 9.17) is 9.83 Å². The van der Waals surface area contributed by atoms with Gasteiger partial charge in [0.05, 0.1) is 5.56 Å². The average Bonchev–Trinajstić information content (AvgIpc) is 2.75. The van der Waals surface area contributed by atoms with Gasteiger partial charge in [0.15, 0.2) is 5.82 Å². The van der Waals surface area contributed by atoms with Gasteiger partial charge in [0.2, 0.25) is 5.55 Å². The van der Waals surface area contributed by atoms with Crippen molar-refractivity contribution in [2.45, 2.75) is 32.2 Å². The van der Waals surface area contributed by atoms with Gasteiger partial charge in [-0.15, -0.1) is 10.2 Å². The molecule has 3 aromatic rings. The lowest BCUT2D eigenvalue weighted by Gasteiger charge is -2.07. The number of nitrogens with zero attached hydrogens (tertiary/aromatic N) is 3. The van der Waals surface area contributed by atoms with Crippen molar-refractivity contribution in [3.8, 4) is 11.4 Å². The number of para-hydroxylation sites is 1. The van der Waals surface area contributed by atoms with Gasteiger partial charge in [0.25, 0.3) is 0 Å². The number of aryl methyl sites for hydroxylation is 1. The summed E-state index contributed by atoms with van der Waals surface area (Å²) in [4.78, 5) is 0. The fourth-order valence-electron chi connectivity index (χ4n) is 2.93. The van der Waals surface area contributed by atoms with E-state index in [1.54, 1.807) is 0 Å². The van der Waals surface area contributed by atoms with Gasteiger partial charge in [-0.3, -0.25) is 5.41 Å². The van der Waals surface area contributed by atoms with Gasteiger partial charge >= 0.3 is 0 Å². The maximum absolute atomic E-state index is 8.15. The normalized spacial score (nSPS) is 14.9. The standard InChI is InChI=1S/C16H16N4O/c17-15-12(10-11-6-3-4-7-13(11)21-15)16-19-18-14-8-2-1-5-9-20(14)16/h3-4,6-7,10,17H,1-2,5,8-9H2. The second-order valence-electron chi connectivity index (χ2n) is 5.43. The van der Waals surface area contributed by atoms with E-state index in [-0.39, 0.29) is 5.55 Å². The largest absolute Gasteiger partial charge is 0.438 e. The van der Waals surface area contributed by atoms with Gasteiger partial charge in [0, 0.05) is 18.4 Å². The van der Waals surface area contributed by atoms with Gasteiger partial charge in [-0.25, -0.2) is 0 Å². The molecule has 0 saturated heterocycles. The monoisotopic (exact) mass is 280 g/mol. The SMILES string of the molecule is N=c1oc2ccccc2cc1-c1nnc2n1CCCCC2. The summed E-state index contributed by atoms with van der Waals surface area (Å²) in [6, 6.07) is 9.72. The molecule has 1 N–H and O–H groups in total. The summed E-state index contributed by atoms with van der Waals surface area (Å²) in [6.45, 7) is 0.921. The molecule has 0 spiro atoms. The molecule has 0 amide bonds. The summed E-state index contributed by atoms with van der Waals surface area (Å²) in [5.74, 6) is 1.78. The molecular formula is C16H16N4O. The zero-order valence-corrected chi connectivity index (χ0v) is 11.7. The Morgan fingerprint density at radius 2 is 2.00 bits per heavy atom. The number of benzene rings is 1. The van der Waals surface area contributed by atoms with Crippen molar-refractivity contribution in [3.63, 3.8) is 0 Å². The first-order chi connectivity index (χ1) is 10.3. The van der Waals surface area contributed by atoms with Crippen LogP contribution in [-0.4, -0.2) is 14.8 Å². The molecule has 21 heavy (non-hydrogen) atoms. The molecule has 4 rings (SSSR count). The highest BCUT2D eigenvalue weighted by Crippen LogP contribution is 2.23. The third kappa shape index (κ3) is 2.05. The van der Waals surface area contributed by atoms with E-state index in [9.17, 15) is 0 Å². The number of rotatable bonds is 1. The van der Waals surface area contributed by atoms with Crippen LogP contribution in [0.2, 0.25) is 0 Å². The second-order valence-corrected chi connectivity index (χ2v) is 5.43. The second kappa shape index (κ2) is 4.84. The lowest BCUT2D eigenvalue weighted by molar-refractivity contribution is 0.533. The van der Waals surface area contributed by atoms with E-state index < -0.39 is 0 Å². The van der Waals surface area contributed by atoms with Crippen molar-refractivity contribution in [2.24, 2.45) is 0 Å². The van der Waals surface area contributed by atoms with Crippen molar-refractivity contribution < 1.29 is 4.42 Å². The Hall–Kier alpha value is -2.43. The molecule has 1 aliphatic heterocycles. The molecule has 3 heterocycles. The zero-order chi connectivity index (χ0) is 14.2. The van der Waals surface area contributed by atoms with Crippen LogP contribution in [0.1, 0.15) is 25.1 Å². The summed E-state index contributed by atoms with van der Waals surface area (Å²) in [5, 5.41) is 17.7. The highest BCUT2D eigenvalue weighted by atomic mass is 16.3. The minimum absolute atomic E-state index is 0.146. The Kier molecular flexibility index (Phi) is 2.84. The molecule has 1 aromatic carbocycles. The molecular weight excluding hydrogens is 264 g/mol. The Bertz CT molecular complexity index is 862. The van der Waals surface area contributed by atoms with Crippen LogP contribution in [0, 0.1) is 5.41 Å². The lowest BCUT2D eigenvalue weighted by atomic mass is 10.1. The first kappa shape index (κ1) is 12.3. The third-order valence-electron chi connectivity index (χ3n) is 4.03. The molecule has 0 bridgehead atoms. The van der Waals surface area contributed by atoms with Crippen LogP contribution < -0.4 is 5.55 Å². The molecule has 0 fully saturated rings. The van der Waals surface area contributed by atoms with Gasteiger partial charge in [-0.2, -0.15) is 0 Å². The number of hydrogen-bond acceptors (Lipinski definition) is 4. The topological polar surface area (TPSA) is 67.7 Å². The number of aromatic nitrogens is 3. The first-order valence-electron chi connectivity index (χ1n) is 7.33. The highest BCUT2D eigenvalue weighted by Gasteiger charge is 2.18. The van der Waals surface area contributed by atoms with Crippen molar-refractivity contribution in [3.05, 3.63) is 41.7 Å². The van der Waals surface area contributed by atoms with Gasteiger partial charge in [-0.1, -0.05) is 24.6 Å². The number of fused-ring (bicyclic) bond motifs is 2. The van der Waals surface area contributed by atoms with E-state index in [1.807, 2.05) is 30.3 Å². The summed E-state index contributed by atoms with van der Waals surface area (Å²) in [7, 11) is 0. The molecule has 0 atom stereocenters. The fourth-order valence-corrected chi connectivity index (χ4v) is 2.93. The van der Waals surface area contributed by atoms with Crippen LogP contribution in [0.4, 0.5) is 0 Å². The number of hydrogen-bond donors (Lipinski definition) is 1. The third-order valence-corrected chi connectivity index (χ3v) is 4.03. The Balaban J connectivity index is 1.92. The Morgan fingerprint density at radius 1 is 1.10 bits per heavy atom.